The zero-order valence-corrected chi connectivity index (χ0v) is 18.2. The third-order valence-corrected chi connectivity index (χ3v) is 6.55. The second-order valence-corrected chi connectivity index (χ2v) is 8.76. The number of carbonyl (C=O) groups excluding carboxylic acids is 1. The Balaban J connectivity index is 1.39. The molecule has 1 aromatic carbocycles. The van der Waals surface area contributed by atoms with Gasteiger partial charge in [-0.05, 0) is 43.5 Å². The Morgan fingerprint density at radius 3 is 2.40 bits per heavy atom. The van der Waals surface area contributed by atoms with Crippen molar-refractivity contribution in [3.05, 3.63) is 59.8 Å². The molecule has 5 heteroatoms. The number of anilines is 1. The highest BCUT2D eigenvalue weighted by atomic mass is 16.2. The Bertz CT molecular complexity index is 794. The monoisotopic (exact) mass is 406 g/mol. The second-order valence-electron chi connectivity index (χ2n) is 8.76. The van der Waals surface area contributed by atoms with Gasteiger partial charge in [0.2, 0.25) is 5.91 Å². The Hall–Kier alpha value is -2.40. The summed E-state index contributed by atoms with van der Waals surface area (Å²) in [6.45, 7) is 4.88. The number of benzene rings is 1. The van der Waals surface area contributed by atoms with Crippen LogP contribution in [-0.4, -0.2) is 60.0 Å². The molecule has 0 unspecified atom stereocenters. The molecule has 2 fully saturated rings. The summed E-state index contributed by atoms with van der Waals surface area (Å²) in [7, 11) is 2.17. The molecule has 1 aromatic heterocycles. The van der Waals surface area contributed by atoms with Crippen LogP contribution >= 0.6 is 0 Å². The van der Waals surface area contributed by atoms with Gasteiger partial charge in [-0.15, -0.1) is 0 Å². The van der Waals surface area contributed by atoms with E-state index in [9.17, 15) is 4.79 Å². The number of rotatable bonds is 7. The van der Waals surface area contributed by atoms with Gasteiger partial charge in [0.05, 0.1) is 0 Å². The lowest BCUT2D eigenvalue weighted by Crippen LogP contribution is -2.44. The molecule has 0 atom stereocenters. The van der Waals surface area contributed by atoms with Gasteiger partial charge in [0.1, 0.15) is 5.82 Å². The minimum absolute atomic E-state index is 0.272. The fourth-order valence-electron chi connectivity index (χ4n) is 4.61. The van der Waals surface area contributed by atoms with E-state index in [-0.39, 0.29) is 5.91 Å². The quantitative estimate of drug-likeness (QED) is 0.702. The van der Waals surface area contributed by atoms with Crippen LogP contribution in [0.25, 0.3) is 0 Å². The van der Waals surface area contributed by atoms with Gasteiger partial charge in [-0.2, -0.15) is 0 Å². The first-order chi connectivity index (χ1) is 14.7. The molecule has 160 valence electrons. The first-order valence-electron chi connectivity index (χ1n) is 11.4. The highest BCUT2D eigenvalue weighted by molar-refractivity contribution is 5.77. The van der Waals surface area contributed by atoms with Gasteiger partial charge in [0.25, 0.3) is 0 Å². The van der Waals surface area contributed by atoms with E-state index in [1.54, 1.807) is 0 Å². The van der Waals surface area contributed by atoms with Crippen molar-refractivity contribution >= 4 is 11.7 Å². The molecule has 1 aliphatic carbocycles. The summed E-state index contributed by atoms with van der Waals surface area (Å²) < 4.78 is 0. The summed E-state index contributed by atoms with van der Waals surface area (Å²) in [6.07, 6.45) is 8.08. The predicted octanol–water partition coefficient (Wildman–Crippen LogP) is 3.74. The molecule has 30 heavy (non-hydrogen) atoms. The van der Waals surface area contributed by atoms with Gasteiger partial charge in [0, 0.05) is 51.4 Å². The Morgan fingerprint density at radius 2 is 1.73 bits per heavy atom. The summed E-state index contributed by atoms with van der Waals surface area (Å²) in [4.78, 5) is 24.7. The van der Waals surface area contributed by atoms with Crippen LogP contribution in [0.5, 0.6) is 0 Å². The van der Waals surface area contributed by atoms with Gasteiger partial charge in [-0.25, -0.2) is 4.98 Å². The molecule has 5 nitrogen and oxygen atoms in total. The molecule has 0 bridgehead atoms. The minimum atomic E-state index is 0.272. The van der Waals surface area contributed by atoms with Gasteiger partial charge in [0.15, 0.2) is 0 Å². The maximum absolute atomic E-state index is 13.1. The third kappa shape index (κ3) is 5.39. The third-order valence-electron chi connectivity index (χ3n) is 6.55. The first kappa shape index (κ1) is 20.9. The molecule has 2 aliphatic rings. The highest BCUT2D eigenvalue weighted by Gasteiger charge is 2.26. The topological polar surface area (TPSA) is 39.7 Å². The fourth-order valence-corrected chi connectivity index (χ4v) is 4.61. The number of hydrogen-bond donors (Lipinski definition) is 0. The van der Waals surface area contributed by atoms with Crippen LogP contribution in [0.1, 0.15) is 43.2 Å². The van der Waals surface area contributed by atoms with Gasteiger partial charge in [-0.3, -0.25) is 4.79 Å². The lowest BCUT2D eigenvalue weighted by atomic mass is 10.1. The predicted molar refractivity (Wildman–Crippen MR) is 122 cm³/mol. The molecule has 1 saturated carbocycles. The van der Waals surface area contributed by atoms with E-state index in [0.29, 0.717) is 19.0 Å². The Labute approximate surface area is 180 Å². The highest BCUT2D eigenvalue weighted by Crippen LogP contribution is 2.26. The fraction of sp³-hybridized carbons (Fsp3) is 0.520. The molecule has 0 radical (unpaired) electrons. The van der Waals surface area contributed by atoms with Crippen molar-refractivity contribution in [2.75, 3.05) is 38.1 Å². The maximum Gasteiger partial charge on any atom is 0.223 e. The van der Waals surface area contributed by atoms with Crippen LogP contribution < -0.4 is 4.90 Å². The van der Waals surface area contributed by atoms with E-state index in [4.69, 9.17) is 4.98 Å². The molecule has 4 rings (SSSR count). The number of piperazine rings is 1. The van der Waals surface area contributed by atoms with Crippen molar-refractivity contribution in [3.8, 4) is 0 Å². The van der Waals surface area contributed by atoms with E-state index in [1.165, 1.54) is 18.4 Å². The molecule has 1 amide bonds. The van der Waals surface area contributed by atoms with Crippen LogP contribution in [0, 0.1) is 0 Å². The van der Waals surface area contributed by atoms with Crippen LogP contribution in [0.3, 0.4) is 0 Å². The van der Waals surface area contributed by atoms with Crippen LogP contribution in [0.4, 0.5) is 5.82 Å². The number of carbonyl (C=O) groups is 1. The van der Waals surface area contributed by atoms with Crippen molar-refractivity contribution in [1.29, 1.82) is 0 Å². The number of amides is 1. The first-order valence-corrected chi connectivity index (χ1v) is 11.4. The summed E-state index contributed by atoms with van der Waals surface area (Å²) in [6, 6.07) is 15.0. The van der Waals surface area contributed by atoms with E-state index < -0.39 is 0 Å². The number of hydrogen-bond acceptors (Lipinski definition) is 4. The zero-order valence-electron chi connectivity index (χ0n) is 18.2. The Morgan fingerprint density at radius 1 is 1.00 bits per heavy atom. The maximum atomic E-state index is 13.1. The number of pyridine rings is 1. The number of aromatic nitrogens is 1. The molecular weight excluding hydrogens is 372 g/mol. The van der Waals surface area contributed by atoms with Crippen LogP contribution in [-0.2, 0) is 17.8 Å². The van der Waals surface area contributed by atoms with Crippen molar-refractivity contribution in [3.63, 3.8) is 0 Å². The average Bonchev–Trinajstić information content (AvgIpc) is 3.32. The molecule has 1 saturated heterocycles. The summed E-state index contributed by atoms with van der Waals surface area (Å²) in [5, 5.41) is 0. The largest absolute Gasteiger partial charge is 0.354 e. The standard InChI is InChI=1S/C25H34N4O/c1-27-15-17-28(18-16-27)24-13-11-22(19-26-24)20-29(23-9-5-6-10-23)25(30)14-12-21-7-3-2-4-8-21/h2-4,7-8,11,13,19,23H,5-6,9-10,12,14-18,20H2,1H3. The summed E-state index contributed by atoms with van der Waals surface area (Å²) in [5.41, 5.74) is 2.36. The summed E-state index contributed by atoms with van der Waals surface area (Å²) >= 11 is 0. The normalized spacial score (nSPS) is 18.0. The van der Waals surface area contributed by atoms with E-state index in [2.05, 4.69) is 46.0 Å². The average molecular weight is 407 g/mol. The number of aryl methyl sites for hydroxylation is 1. The van der Waals surface area contributed by atoms with Crippen molar-refractivity contribution < 1.29 is 4.79 Å². The zero-order chi connectivity index (χ0) is 20.8. The van der Waals surface area contributed by atoms with E-state index in [1.807, 2.05) is 24.4 Å². The smallest absolute Gasteiger partial charge is 0.223 e. The minimum Gasteiger partial charge on any atom is -0.354 e. The SMILES string of the molecule is CN1CCN(c2ccc(CN(C(=O)CCc3ccccc3)C3CCCC3)cn2)CC1. The lowest BCUT2D eigenvalue weighted by molar-refractivity contribution is -0.134. The molecule has 0 spiro atoms. The van der Waals surface area contributed by atoms with Crippen molar-refractivity contribution in [1.82, 2.24) is 14.8 Å². The number of nitrogens with zero attached hydrogens (tertiary/aromatic N) is 4. The molecule has 2 heterocycles. The van der Waals surface area contributed by atoms with Crippen LogP contribution in [0.2, 0.25) is 0 Å². The molecule has 1 aliphatic heterocycles. The van der Waals surface area contributed by atoms with E-state index in [0.717, 1.165) is 56.8 Å². The van der Waals surface area contributed by atoms with Gasteiger partial charge in [-0.1, -0.05) is 49.2 Å². The molecule has 2 aromatic rings. The molecule has 0 N–H and O–H groups in total. The number of likely N-dealkylation sites (N-methyl/N-ethyl adjacent to an activating group) is 1. The van der Waals surface area contributed by atoms with Crippen molar-refractivity contribution in [2.45, 2.75) is 51.1 Å². The van der Waals surface area contributed by atoms with E-state index >= 15 is 0 Å². The van der Waals surface area contributed by atoms with Gasteiger partial charge < -0.3 is 14.7 Å². The Kier molecular flexibility index (Phi) is 7.00. The second kappa shape index (κ2) is 10.1. The van der Waals surface area contributed by atoms with Gasteiger partial charge >= 0.3 is 0 Å². The molecular formula is C25H34N4O. The lowest BCUT2D eigenvalue weighted by Gasteiger charge is -2.33. The summed E-state index contributed by atoms with van der Waals surface area (Å²) in [5.74, 6) is 1.32. The van der Waals surface area contributed by atoms with Crippen LogP contribution in [0.15, 0.2) is 48.7 Å². The van der Waals surface area contributed by atoms with Crippen molar-refractivity contribution in [2.24, 2.45) is 0 Å².